The van der Waals surface area contributed by atoms with Crippen molar-refractivity contribution < 1.29 is 18.4 Å². The van der Waals surface area contributed by atoms with Crippen LogP contribution in [0.5, 0.6) is 0 Å². The Bertz CT molecular complexity index is 1310. The first-order valence-corrected chi connectivity index (χ1v) is 11.2. The van der Waals surface area contributed by atoms with Gasteiger partial charge in [-0.05, 0) is 53.9 Å². The van der Waals surface area contributed by atoms with E-state index in [1.54, 1.807) is 31.2 Å². The lowest BCUT2D eigenvalue weighted by molar-refractivity contribution is -0.131. The summed E-state index contributed by atoms with van der Waals surface area (Å²) in [5.41, 5.74) is 13.5. The Kier molecular flexibility index (Phi) is 6.86. The van der Waals surface area contributed by atoms with Gasteiger partial charge in [0.1, 0.15) is 17.2 Å². The van der Waals surface area contributed by atoms with Gasteiger partial charge in [0.2, 0.25) is 0 Å². The first-order chi connectivity index (χ1) is 17.1. The summed E-state index contributed by atoms with van der Waals surface area (Å²) < 4.78 is 27.4. The van der Waals surface area contributed by atoms with Gasteiger partial charge in [-0.25, -0.2) is 18.6 Å². The van der Waals surface area contributed by atoms with Gasteiger partial charge in [-0.15, -0.1) is 0 Å². The quantitative estimate of drug-likeness (QED) is 0.377. The summed E-state index contributed by atoms with van der Waals surface area (Å²) in [6.45, 7) is 2.06. The van der Waals surface area contributed by atoms with Gasteiger partial charge in [0.15, 0.2) is 5.96 Å². The molecule has 36 heavy (non-hydrogen) atoms. The van der Waals surface area contributed by atoms with Crippen molar-refractivity contribution in [1.82, 2.24) is 10.2 Å². The SMILES string of the molecule is C[C@]1(Cc2ccc(F)cc2F)N=C(N)N(Cc2ccc(CNC(=O)Nc3ccc(N)cc3)cc2)C1=O. The van der Waals surface area contributed by atoms with E-state index in [9.17, 15) is 18.4 Å². The number of amides is 3. The number of urea groups is 1. The number of nitrogen functional groups attached to an aromatic ring is 1. The predicted octanol–water partition coefficient (Wildman–Crippen LogP) is 3.53. The van der Waals surface area contributed by atoms with Gasteiger partial charge in [-0.2, -0.15) is 0 Å². The molecule has 0 aromatic heterocycles. The molecule has 0 radical (unpaired) electrons. The molecule has 4 rings (SSSR count). The monoisotopic (exact) mass is 492 g/mol. The maximum atomic E-state index is 14.1. The number of anilines is 2. The number of hydrogen-bond acceptors (Lipinski definition) is 5. The van der Waals surface area contributed by atoms with E-state index in [1.807, 2.05) is 24.3 Å². The van der Waals surface area contributed by atoms with Crippen LogP contribution in [0.25, 0.3) is 0 Å². The number of rotatable bonds is 7. The van der Waals surface area contributed by atoms with Gasteiger partial charge >= 0.3 is 6.03 Å². The second kappa shape index (κ2) is 10.0. The van der Waals surface area contributed by atoms with Crippen LogP contribution in [0.15, 0.2) is 71.7 Å². The lowest BCUT2D eigenvalue weighted by Gasteiger charge is -2.22. The van der Waals surface area contributed by atoms with Crippen LogP contribution in [0.4, 0.5) is 25.0 Å². The van der Waals surface area contributed by atoms with Crippen LogP contribution in [-0.4, -0.2) is 28.3 Å². The van der Waals surface area contributed by atoms with Crippen molar-refractivity contribution in [3.05, 3.63) is 95.1 Å². The van der Waals surface area contributed by atoms with Gasteiger partial charge < -0.3 is 22.1 Å². The van der Waals surface area contributed by atoms with Crippen LogP contribution in [0, 0.1) is 11.6 Å². The first kappa shape index (κ1) is 24.6. The lowest BCUT2D eigenvalue weighted by Crippen LogP contribution is -2.43. The van der Waals surface area contributed by atoms with E-state index in [1.165, 1.54) is 11.0 Å². The maximum Gasteiger partial charge on any atom is 0.319 e. The van der Waals surface area contributed by atoms with Crippen LogP contribution in [0.3, 0.4) is 0 Å². The van der Waals surface area contributed by atoms with Crippen LogP contribution >= 0.6 is 0 Å². The summed E-state index contributed by atoms with van der Waals surface area (Å²) in [5.74, 6) is -1.75. The average Bonchev–Trinajstić information content (AvgIpc) is 3.05. The highest BCUT2D eigenvalue weighted by molar-refractivity contribution is 6.06. The molecule has 1 atom stereocenters. The number of nitrogens with two attached hydrogens (primary N) is 2. The van der Waals surface area contributed by atoms with Gasteiger partial charge in [0.25, 0.3) is 5.91 Å². The molecule has 3 amide bonds. The zero-order valence-corrected chi connectivity index (χ0v) is 19.6. The number of nitrogens with one attached hydrogen (secondary N) is 2. The van der Waals surface area contributed by atoms with E-state index in [2.05, 4.69) is 15.6 Å². The molecule has 186 valence electrons. The summed E-state index contributed by atoms with van der Waals surface area (Å²) in [7, 11) is 0. The molecule has 0 spiro atoms. The number of guanidine groups is 1. The standard InChI is InChI=1S/C26H26F2N6O2/c1-26(13-18-6-7-19(27)12-22(18)28)23(35)34(24(30)33-26)15-17-4-2-16(3-5-17)14-31-25(36)32-21-10-8-20(29)9-11-21/h2-12H,13-15,29H2,1H3,(H2,30,33)(H2,31,32,36)/t26-/m1/s1. The fraction of sp³-hybridized carbons (Fsp3) is 0.192. The van der Waals surface area contributed by atoms with Gasteiger partial charge in [0, 0.05) is 30.4 Å². The largest absolute Gasteiger partial charge is 0.399 e. The molecule has 1 heterocycles. The zero-order chi connectivity index (χ0) is 25.9. The molecule has 8 nitrogen and oxygen atoms in total. The normalized spacial score (nSPS) is 17.1. The van der Waals surface area contributed by atoms with Gasteiger partial charge in [0.05, 0.1) is 6.54 Å². The number of benzene rings is 3. The zero-order valence-electron chi connectivity index (χ0n) is 19.6. The third-order valence-electron chi connectivity index (χ3n) is 5.88. The molecule has 3 aromatic carbocycles. The van der Waals surface area contributed by atoms with Gasteiger partial charge in [-0.1, -0.05) is 30.3 Å². The van der Waals surface area contributed by atoms with E-state index in [4.69, 9.17) is 11.5 Å². The van der Waals surface area contributed by atoms with E-state index < -0.39 is 17.2 Å². The third-order valence-corrected chi connectivity index (χ3v) is 5.88. The smallest absolute Gasteiger partial charge is 0.319 e. The van der Waals surface area contributed by atoms with Crippen LogP contribution < -0.4 is 22.1 Å². The lowest BCUT2D eigenvalue weighted by atomic mass is 9.92. The van der Waals surface area contributed by atoms with Crippen molar-refractivity contribution >= 4 is 29.3 Å². The van der Waals surface area contributed by atoms with Gasteiger partial charge in [-0.3, -0.25) is 9.69 Å². The number of hydrogen-bond donors (Lipinski definition) is 4. The summed E-state index contributed by atoms with van der Waals surface area (Å²) in [6.07, 6.45) is -0.0435. The first-order valence-electron chi connectivity index (χ1n) is 11.2. The fourth-order valence-corrected chi connectivity index (χ4v) is 3.93. The molecular formula is C26H26F2N6O2. The maximum absolute atomic E-state index is 14.1. The Labute approximate surface area is 207 Å². The second-order valence-electron chi connectivity index (χ2n) is 8.79. The number of carbonyl (C=O) groups excluding carboxylic acids is 2. The Morgan fingerprint density at radius 1 is 1.00 bits per heavy atom. The number of aliphatic imine (C=N–C) groups is 1. The molecule has 6 N–H and O–H groups in total. The molecule has 0 saturated heterocycles. The van der Waals surface area contributed by atoms with E-state index in [0.29, 0.717) is 17.9 Å². The van der Waals surface area contributed by atoms with Crippen LogP contribution in [-0.2, 0) is 24.3 Å². The number of carbonyl (C=O) groups is 2. The Morgan fingerprint density at radius 3 is 2.33 bits per heavy atom. The highest BCUT2D eigenvalue weighted by Gasteiger charge is 2.44. The van der Waals surface area contributed by atoms with Crippen molar-refractivity contribution in [2.75, 3.05) is 11.1 Å². The minimum absolute atomic E-state index is 0.0371. The highest BCUT2D eigenvalue weighted by atomic mass is 19.1. The third kappa shape index (κ3) is 5.60. The Hall–Kier alpha value is -4.47. The molecule has 1 aliphatic heterocycles. The van der Waals surface area contributed by atoms with E-state index >= 15 is 0 Å². The molecule has 0 saturated carbocycles. The van der Waals surface area contributed by atoms with E-state index in [-0.39, 0.29) is 36.4 Å². The van der Waals surface area contributed by atoms with Crippen molar-refractivity contribution in [1.29, 1.82) is 0 Å². The van der Waals surface area contributed by atoms with Crippen molar-refractivity contribution in [2.45, 2.75) is 32.0 Å². The summed E-state index contributed by atoms with van der Waals surface area (Å²) in [5, 5.41) is 5.49. The predicted molar refractivity (Wildman–Crippen MR) is 134 cm³/mol. The minimum atomic E-state index is -1.29. The van der Waals surface area contributed by atoms with Crippen LogP contribution in [0.2, 0.25) is 0 Å². The molecule has 0 unspecified atom stereocenters. The van der Waals surface area contributed by atoms with Crippen molar-refractivity contribution in [3.8, 4) is 0 Å². The highest BCUT2D eigenvalue weighted by Crippen LogP contribution is 2.28. The topological polar surface area (TPSA) is 126 Å². The molecule has 10 heteroatoms. The molecule has 1 aliphatic rings. The molecule has 0 aliphatic carbocycles. The fourth-order valence-electron chi connectivity index (χ4n) is 3.93. The Balaban J connectivity index is 1.33. The Morgan fingerprint density at radius 2 is 1.67 bits per heavy atom. The number of halogens is 2. The van der Waals surface area contributed by atoms with E-state index in [0.717, 1.165) is 23.3 Å². The molecule has 0 fully saturated rings. The summed E-state index contributed by atoms with van der Waals surface area (Å²) in [6, 6.07) is 17.0. The average molecular weight is 493 g/mol. The summed E-state index contributed by atoms with van der Waals surface area (Å²) >= 11 is 0. The second-order valence-corrected chi connectivity index (χ2v) is 8.79. The minimum Gasteiger partial charge on any atom is -0.399 e. The molecule has 0 bridgehead atoms. The number of nitrogens with zero attached hydrogens (tertiary/aromatic N) is 2. The molecule has 3 aromatic rings. The molecular weight excluding hydrogens is 466 g/mol. The summed E-state index contributed by atoms with van der Waals surface area (Å²) in [4.78, 5) is 30.8. The van der Waals surface area contributed by atoms with Crippen molar-refractivity contribution in [2.24, 2.45) is 10.7 Å². The van der Waals surface area contributed by atoms with Crippen molar-refractivity contribution in [3.63, 3.8) is 0 Å². The van der Waals surface area contributed by atoms with Crippen LogP contribution in [0.1, 0.15) is 23.6 Å².